The monoisotopic (exact) mass is 268 g/mol. The van der Waals surface area contributed by atoms with E-state index in [2.05, 4.69) is 0 Å². The number of benzene rings is 1. The molecule has 0 heterocycles. The van der Waals surface area contributed by atoms with Crippen molar-refractivity contribution in [2.75, 3.05) is 0 Å². The van der Waals surface area contributed by atoms with E-state index in [9.17, 15) is 0 Å². The molecular formula is C7H6ClIO. The molecule has 3 heteroatoms. The first-order valence-electron chi connectivity index (χ1n) is 2.78. The van der Waals surface area contributed by atoms with Gasteiger partial charge in [0.05, 0.1) is 0 Å². The molecule has 0 saturated carbocycles. The van der Waals surface area contributed by atoms with Gasteiger partial charge in [0.15, 0.2) is 0 Å². The molecule has 1 N–H and O–H groups in total. The van der Waals surface area contributed by atoms with Gasteiger partial charge in [-0.15, -0.1) is 0 Å². The summed E-state index contributed by atoms with van der Waals surface area (Å²) in [7, 11) is 0. The van der Waals surface area contributed by atoms with Gasteiger partial charge in [0.25, 0.3) is 0 Å². The third-order valence-corrected chi connectivity index (χ3v) is 2.12. The Hall–Kier alpha value is 0.200. The van der Waals surface area contributed by atoms with Crippen LogP contribution in [0, 0.1) is 0 Å². The minimum atomic E-state index is -0.435. The highest BCUT2D eigenvalue weighted by atomic mass is 127. The smallest absolute Gasteiger partial charge is 0.130 e. The van der Waals surface area contributed by atoms with Gasteiger partial charge in [0.2, 0.25) is 0 Å². The Bertz CT molecular complexity index is 207. The van der Waals surface area contributed by atoms with Crippen LogP contribution in [0.1, 0.15) is 9.67 Å². The van der Waals surface area contributed by atoms with Gasteiger partial charge >= 0.3 is 0 Å². The van der Waals surface area contributed by atoms with E-state index >= 15 is 0 Å². The van der Waals surface area contributed by atoms with Crippen molar-refractivity contribution in [3.63, 3.8) is 0 Å². The van der Waals surface area contributed by atoms with Crippen LogP contribution in [0.3, 0.4) is 0 Å². The maximum atomic E-state index is 9.06. The molecule has 1 aromatic carbocycles. The molecule has 0 radical (unpaired) electrons. The SMILES string of the molecule is OC(I)c1ccc(Cl)cc1. The van der Waals surface area contributed by atoms with Gasteiger partial charge in [0.1, 0.15) is 4.11 Å². The zero-order valence-electron chi connectivity index (χ0n) is 5.09. The van der Waals surface area contributed by atoms with E-state index in [-0.39, 0.29) is 0 Å². The Morgan fingerprint density at radius 3 is 2.20 bits per heavy atom. The topological polar surface area (TPSA) is 20.2 Å². The molecule has 0 aliphatic heterocycles. The van der Waals surface area contributed by atoms with Crippen LogP contribution in [0.15, 0.2) is 24.3 Å². The zero-order chi connectivity index (χ0) is 7.56. The molecule has 1 aromatic rings. The van der Waals surface area contributed by atoms with Gasteiger partial charge in [-0.05, 0) is 40.3 Å². The fraction of sp³-hybridized carbons (Fsp3) is 0.143. The van der Waals surface area contributed by atoms with Crippen LogP contribution in [-0.4, -0.2) is 5.11 Å². The quantitative estimate of drug-likeness (QED) is 0.613. The van der Waals surface area contributed by atoms with E-state index in [0.29, 0.717) is 5.02 Å². The number of halogens is 2. The molecule has 0 fully saturated rings. The Kier molecular flexibility index (Phi) is 2.95. The summed E-state index contributed by atoms with van der Waals surface area (Å²) in [6, 6.07) is 7.14. The van der Waals surface area contributed by atoms with Crippen molar-refractivity contribution in [3.05, 3.63) is 34.9 Å². The maximum Gasteiger partial charge on any atom is 0.130 e. The lowest BCUT2D eigenvalue weighted by molar-refractivity contribution is 0.286. The largest absolute Gasteiger partial charge is 0.378 e. The van der Waals surface area contributed by atoms with Crippen LogP contribution < -0.4 is 0 Å². The Morgan fingerprint density at radius 1 is 1.30 bits per heavy atom. The minimum Gasteiger partial charge on any atom is -0.378 e. The van der Waals surface area contributed by atoms with E-state index in [1.54, 1.807) is 24.3 Å². The Morgan fingerprint density at radius 2 is 1.80 bits per heavy atom. The van der Waals surface area contributed by atoms with Crippen LogP contribution >= 0.6 is 34.2 Å². The van der Waals surface area contributed by atoms with Crippen molar-refractivity contribution in [1.29, 1.82) is 0 Å². The second-order valence-corrected chi connectivity index (χ2v) is 3.50. The summed E-state index contributed by atoms with van der Waals surface area (Å²) >= 11 is 7.56. The standard InChI is InChI=1S/C7H6ClIO/c8-6-3-1-5(2-4-6)7(9)10/h1-4,7,10H. The van der Waals surface area contributed by atoms with Crippen LogP contribution in [0.4, 0.5) is 0 Å². The molecule has 1 nitrogen and oxygen atoms in total. The van der Waals surface area contributed by atoms with Crippen molar-refractivity contribution >= 4 is 34.2 Å². The van der Waals surface area contributed by atoms with E-state index in [4.69, 9.17) is 16.7 Å². The number of aliphatic hydroxyl groups is 1. The highest BCUT2D eigenvalue weighted by molar-refractivity contribution is 14.1. The molecule has 0 saturated heterocycles. The van der Waals surface area contributed by atoms with Gasteiger partial charge in [-0.25, -0.2) is 0 Å². The fourth-order valence-electron chi connectivity index (χ4n) is 0.622. The molecule has 1 atom stereocenters. The lowest BCUT2D eigenvalue weighted by atomic mass is 10.2. The Labute approximate surface area is 78.2 Å². The molecule has 10 heavy (non-hydrogen) atoms. The van der Waals surface area contributed by atoms with Crippen LogP contribution in [0.25, 0.3) is 0 Å². The van der Waals surface area contributed by atoms with E-state index in [0.717, 1.165) is 5.56 Å². The summed E-state index contributed by atoms with van der Waals surface area (Å²) in [5, 5.41) is 9.75. The first-order valence-corrected chi connectivity index (χ1v) is 4.40. The van der Waals surface area contributed by atoms with Crippen molar-refractivity contribution < 1.29 is 5.11 Å². The first kappa shape index (κ1) is 8.30. The summed E-state index contributed by atoms with van der Waals surface area (Å²) < 4.78 is -0.435. The zero-order valence-corrected chi connectivity index (χ0v) is 8.00. The van der Waals surface area contributed by atoms with E-state index in [1.165, 1.54) is 0 Å². The minimum absolute atomic E-state index is 0.435. The lowest BCUT2D eigenvalue weighted by Gasteiger charge is -2.00. The molecule has 1 rings (SSSR count). The van der Waals surface area contributed by atoms with Gasteiger partial charge in [-0.1, -0.05) is 23.7 Å². The summed E-state index contributed by atoms with van der Waals surface area (Å²) in [6.45, 7) is 0. The van der Waals surface area contributed by atoms with E-state index in [1.807, 2.05) is 22.6 Å². The van der Waals surface area contributed by atoms with Gasteiger partial charge in [-0.3, -0.25) is 0 Å². The first-order chi connectivity index (χ1) is 4.70. The van der Waals surface area contributed by atoms with Crippen molar-refractivity contribution in [2.45, 2.75) is 4.11 Å². The molecular weight excluding hydrogens is 262 g/mol. The van der Waals surface area contributed by atoms with Crippen LogP contribution in [0.5, 0.6) is 0 Å². The summed E-state index contributed by atoms with van der Waals surface area (Å²) in [5.41, 5.74) is 0.880. The average Bonchev–Trinajstić information content (AvgIpc) is 1.88. The summed E-state index contributed by atoms with van der Waals surface area (Å²) in [4.78, 5) is 0. The van der Waals surface area contributed by atoms with E-state index < -0.39 is 4.11 Å². The molecule has 0 aliphatic rings. The number of aliphatic hydroxyl groups excluding tert-OH is 1. The third-order valence-electron chi connectivity index (χ3n) is 1.15. The second kappa shape index (κ2) is 3.55. The number of alkyl halides is 1. The third kappa shape index (κ3) is 2.11. The average molecular weight is 268 g/mol. The van der Waals surface area contributed by atoms with Crippen molar-refractivity contribution in [1.82, 2.24) is 0 Å². The number of hydrogen-bond acceptors (Lipinski definition) is 1. The van der Waals surface area contributed by atoms with Crippen molar-refractivity contribution in [3.8, 4) is 0 Å². The highest BCUT2D eigenvalue weighted by Gasteiger charge is 1.99. The normalized spacial score (nSPS) is 13.1. The van der Waals surface area contributed by atoms with Gasteiger partial charge in [-0.2, -0.15) is 0 Å². The van der Waals surface area contributed by atoms with Crippen LogP contribution in [-0.2, 0) is 0 Å². The molecule has 1 unspecified atom stereocenters. The molecule has 0 aliphatic carbocycles. The second-order valence-electron chi connectivity index (χ2n) is 1.89. The number of rotatable bonds is 1. The highest BCUT2D eigenvalue weighted by Crippen LogP contribution is 2.20. The van der Waals surface area contributed by atoms with Gasteiger partial charge < -0.3 is 5.11 Å². The molecule has 54 valence electrons. The summed E-state index contributed by atoms with van der Waals surface area (Å²) in [5.74, 6) is 0. The summed E-state index contributed by atoms with van der Waals surface area (Å²) in [6.07, 6.45) is 0. The maximum absolute atomic E-state index is 9.06. The molecule has 0 bridgehead atoms. The molecule has 0 amide bonds. The number of hydrogen-bond donors (Lipinski definition) is 1. The molecule has 0 aromatic heterocycles. The van der Waals surface area contributed by atoms with Crippen LogP contribution in [0.2, 0.25) is 5.02 Å². The predicted octanol–water partition coefficient (Wildman–Crippen LogP) is 2.77. The lowest BCUT2D eigenvalue weighted by Crippen LogP contribution is -1.84. The van der Waals surface area contributed by atoms with Gasteiger partial charge in [0, 0.05) is 5.02 Å². The van der Waals surface area contributed by atoms with Crippen molar-refractivity contribution in [2.24, 2.45) is 0 Å². The Balaban J connectivity index is 2.89. The predicted molar refractivity (Wildman–Crippen MR) is 50.4 cm³/mol. The fourth-order valence-corrected chi connectivity index (χ4v) is 1.16. The molecule has 0 spiro atoms.